The van der Waals surface area contributed by atoms with Crippen molar-refractivity contribution < 1.29 is 0 Å². The maximum atomic E-state index is 12.0. The fourth-order valence-electron chi connectivity index (χ4n) is 3.97. The summed E-state index contributed by atoms with van der Waals surface area (Å²) in [6, 6.07) is 13.8. The number of fused-ring (bicyclic) bond motifs is 4. The van der Waals surface area contributed by atoms with E-state index in [1.165, 1.54) is 17.7 Å². The zero-order valence-electron chi connectivity index (χ0n) is 12.4. The molecule has 1 aromatic carbocycles. The van der Waals surface area contributed by atoms with Crippen molar-refractivity contribution in [3.05, 3.63) is 69.1 Å². The van der Waals surface area contributed by atoms with Gasteiger partial charge in [0.2, 0.25) is 0 Å². The van der Waals surface area contributed by atoms with E-state index in [0.29, 0.717) is 11.8 Å². The van der Waals surface area contributed by atoms with Crippen LogP contribution in [0.1, 0.15) is 23.6 Å². The standard InChI is InChI=1S/C18H19ClN2O/c19-16-6-4-13(5-7-16)9-20-10-14-8-15(12-20)17-2-1-3-18(22)21(17)11-14/h1-7,14-15H,8-12H2/t14-,15-/m0/s1. The number of pyridine rings is 1. The fourth-order valence-corrected chi connectivity index (χ4v) is 4.10. The van der Waals surface area contributed by atoms with Crippen molar-refractivity contribution in [3.8, 4) is 0 Å². The Morgan fingerprint density at radius 3 is 2.68 bits per heavy atom. The number of nitrogens with zero attached hydrogens (tertiary/aromatic N) is 2. The first-order chi connectivity index (χ1) is 10.7. The topological polar surface area (TPSA) is 25.2 Å². The van der Waals surface area contributed by atoms with Crippen molar-refractivity contribution in [2.45, 2.75) is 25.4 Å². The van der Waals surface area contributed by atoms with E-state index >= 15 is 0 Å². The lowest BCUT2D eigenvalue weighted by atomic mass is 9.83. The summed E-state index contributed by atoms with van der Waals surface area (Å²) in [5, 5.41) is 0.785. The molecule has 0 unspecified atom stereocenters. The average Bonchev–Trinajstić information content (AvgIpc) is 2.51. The molecular formula is C18H19ClN2O. The lowest BCUT2D eigenvalue weighted by Crippen LogP contribution is -2.46. The van der Waals surface area contributed by atoms with Gasteiger partial charge in [-0.2, -0.15) is 0 Å². The van der Waals surface area contributed by atoms with Crippen LogP contribution in [0, 0.1) is 5.92 Å². The Morgan fingerprint density at radius 2 is 1.86 bits per heavy atom. The Labute approximate surface area is 135 Å². The molecule has 4 rings (SSSR count). The zero-order valence-corrected chi connectivity index (χ0v) is 13.2. The highest BCUT2D eigenvalue weighted by molar-refractivity contribution is 6.30. The Morgan fingerprint density at radius 1 is 1.05 bits per heavy atom. The zero-order chi connectivity index (χ0) is 15.1. The van der Waals surface area contributed by atoms with Gasteiger partial charge in [0.05, 0.1) is 0 Å². The predicted octanol–water partition coefficient (Wildman–Crippen LogP) is 3.12. The summed E-state index contributed by atoms with van der Waals surface area (Å²) in [5.41, 5.74) is 2.66. The van der Waals surface area contributed by atoms with Gasteiger partial charge >= 0.3 is 0 Å². The Kier molecular flexibility index (Phi) is 3.55. The maximum absolute atomic E-state index is 12.0. The monoisotopic (exact) mass is 314 g/mol. The molecule has 2 aliphatic rings. The summed E-state index contributed by atoms with van der Waals surface area (Å²) in [6.45, 7) is 3.92. The molecule has 2 aromatic rings. The largest absolute Gasteiger partial charge is 0.312 e. The van der Waals surface area contributed by atoms with E-state index in [4.69, 9.17) is 11.6 Å². The summed E-state index contributed by atoms with van der Waals surface area (Å²) in [6.07, 6.45) is 1.21. The molecule has 3 nitrogen and oxygen atoms in total. The van der Waals surface area contributed by atoms with Gasteiger partial charge in [0.15, 0.2) is 0 Å². The van der Waals surface area contributed by atoms with Crippen LogP contribution in [0.2, 0.25) is 5.02 Å². The molecule has 3 heterocycles. The van der Waals surface area contributed by atoms with Crippen LogP contribution in [0.5, 0.6) is 0 Å². The van der Waals surface area contributed by atoms with Crippen LogP contribution in [0.25, 0.3) is 0 Å². The smallest absolute Gasteiger partial charge is 0.250 e. The number of aromatic nitrogens is 1. The highest BCUT2D eigenvalue weighted by Crippen LogP contribution is 2.35. The third kappa shape index (κ3) is 2.59. The third-order valence-electron chi connectivity index (χ3n) is 4.87. The molecule has 0 radical (unpaired) electrons. The molecule has 114 valence electrons. The number of hydrogen-bond acceptors (Lipinski definition) is 2. The van der Waals surface area contributed by atoms with Crippen molar-refractivity contribution in [2.24, 2.45) is 5.92 Å². The minimum atomic E-state index is 0.151. The number of likely N-dealkylation sites (tertiary alicyclic amines) is 1. The summed E-state index contributed by atoms with van der Waals surface area (Å²) >= 11 is 5.96. The van der Waals surface area contributed by atoms with Crippen molar-refractivity contribution in [1.29, 1.82) is 0 Å². The van der Waals surface area contributed by atoms with E-state index in [1.54, 1.807) is 6.07 Å². The van der Waals surface area contributed by atoms with Gasteiger partial charge in [-0.05, 0) is 36.1 Å². The van der Waals surface area contributed by atoms with Crippen LogP contribution >= 0.6 is 11.6 Å². The number of benzene rings is 1. The SMILES string of the molecule is O=c1cccc2n1C[C@H]1C[C@H]2CN(Cc2ccc(Cl)cc2)C1. The van der Waals surface area contributed by atoms with Crippen LogP contribution in [0.4, 0.5) is 0 Å². The molecule has 2 aliphatic heterocycles. The van der Waals surface area contributed by atoms with E-state index in [-0.39, 0.29) is 5.56 Å². The van der Waals surface area contributed by atoms with Gasteiger partial charge in [0.25, 0.3) is 5.56 Å². The second-order valence-electron chi connectivity index (χ2n) is 6.52. The third-order valence-corrected chi connectivity index (χ3v) is 5.13. The van der Waals surface area contributed by atoms with Crippen molar-refractivity contribution in [3.63, 3.8) is 0 Å². The van der Waals surface area contributed by atoms with E-state index in [2.05, 4.69) is 23.1 Å². The fraction of sp³-hybridized carbons (Fsp3) is 0.389. The Hall–Kier alpha value is -1.58. The summed E-state index contributed by atoms with van der Waals surface area (Å²) in [4.78, 5) is 14.6. The maximum Gasteiger partial charge on any atom is 0.250 e. The quantitative estimate of drug-likeness (QED) is 0.851. The Bertz CT molecular complexity index is 737. The number of rotatable bonds is 2. The molecule has 0 N–H and O–H groups in total. The number of hydrogen-bond donors (Lipinski definition) is 0. The number of piperidine rings is 1. The minimum Gasteiger partial charge on any atom is -0.312 e. The molecule has 0 saturated carbocycles. The first-order valence-electron chi connectivity index (χ1n) is 7.85. The molecule has 0 aliphatic carbocycles. The summed E-state index contributed by atoms with van der Waals surface area (Å²) in [7, 11) is 0. The van der Waals surface area contributed by atoms with Gasteiger partial charge in [-0.25, -0.2) is 0 Å². The molecule has 0 spiro atoms. The second kappa shape index (κ2) is 5.56. The van der Waals surface area contributed by atoms with Gasteiger partial charge in [-0.1, -0.05) is 29.8 Å². The summed E-state index contributed by atoms with van der Waals surface area (Å²) < 4.78 is 1.98. The number of halogens is 1. The molecule has 2 bridgehead atoms. The van der Waals surface area contributed by atoms with Crippen molar-refractivity contribution in [2.75, 3.05) is 13.1 Å². The average molecular weight is 315 g/mol. The molecule has 4 heteroatoms. The first kappa shape index (κ1) is 14.0. The van der Waals surface area contributed by atoms with Gasteiger partial charge in [-0.15, -0.1) is 0 Å². The highest BCUT2D eigenvalue weighted by Gasteiger charge is 2.34. The molecule has 1 aromatic heterocycles. The molecule has 2 atom stereocenters. The van der Waals surface area contributed by atoms with Crippen molar-refractivity contribution in [1.82, 2.24) is 9.47 Å². The van der Waals surface area contributed by atoms with Gasteiger partial charge in [0.1, 0.15) is 0 Å². The van der Waals surface area contributed by atoms with Gasteiger partial charge in [0, 0.05) is 48.9 Å². The Balaban J connectivity index is 1.56. The van der Waals surface area contributed by atoms with Crippen LogP contribution in [0.15, 0.2) is 47.3 Å². The van der Waals surface area contributed by atoms with Gasteiger partial charge in [-0.3, -0.25) is 9.69 Å². The van der Waals surface area contributed by atoms with Crippen LogP contribution in [0.3, 0.4) is 0 Å². The molecule has 1 saturated heterocycles. The van der Waals surface area contributed by atoms with Crippen molar-refractivity contribution >= 4 is 11.6 Å². The predicted molar refractivity (Wildman–Crippen MR) is 88.3 cm³/mol. The minimum absolute atomic E-state index is 0.151. The first-order valence-corrected chi connectivity index (χ1v) is 8.23. The van der Waals surface area contributed by atoms with E-state index in [0.717, 1.165) is 31.2 Å². The van der Waals surface area contributed by atoms with E-state index in [9.17, 15) is 4.79 Å². The molecule has 0 amide bonds. The second-order valence-corrected chi connectivity index (χ2v) is 6.96. The normalized spacial score (nSPS) is 24.0. The van der Waals surface area contributed by atoms with Crippen LogP contribution in [-0.2, 0) is 13.1 Å². The lowest BCUT2D eigenvalue weighted by molar-refractivity contribution is 0.114. The molecule has 22 heavy (non-hydrogen) atoms. The van der Waals surface area contributed by atoms with E-state index in [1.807, 2.05) is 22.8 Å². The highest BCUT2D eigenvalue weighted by atomic mass is 35.5. The van der Waals surface area contributed by atoms with Crippen LogP contribution < -0.4 is 5.56 Å². The van der Waals surface area contributed by atoms with Gasteiger partial charge < -0.3 is 4.57 Å². The molecule has 1 fully saturated rings. The summed E-state index contributed by atoms with van der Waals surface area (Å²) in [5.74, 6) is 1.06. The molecular weight excluding hydrogens is 296 g/mol. The van der Waals surface area contributed by atoms with Crippen LogP contribution in [-0.4, -0.2) is 22.6 Å². The van der Waals surface area contributed by atoms with E-state index < -0.39 is 0 Å². The lowest BCUT2D eigenvalue weighted by Gasteiger charge is -2.42.